The van der Waals surface area contributed by atoms with Crippen LogP contribution in [0.4, 0.5) is 8.78 Å². The molecule has 0 aliphatic heterocycles. The number of aliphatic hydroxyl groups excluding tert-OH is 2. The number of esters is 1. The number of hydrogen-bond acceptors (Lipinski definition) is 5. The van der Waals surface area contributed by atoms with E-state index in [1.165, 1.54) is 0 Å². The van der Waals surface area contributed by atoms with Crippen LogP contribution in [0.3, 0.4) is 0 Å². The lowest BCUT2D eigenvalue weighted by atomic mass is 10.0. The van der Waals surface area contributed by atoms with Crippen LogP contribution in [0.5, 0.6) is 5.75 Å². The van der Waals surface area contributed by atoms with Crippen molar-refractivity contribution >= 4 is 5.97 Å². The Kier molecular flexibility index (Phi) is 4.57. The van der Waals surface area contributed by atoms with E-state index in [-0.39, 0.29) is 5.56 Å². The molecule has 1 aromatic carbocycles. The predicted octanol–water partition coefficient (Wildman–Crippen LogP) is 0.628. The summed E-state index contributed by atoms with van der Waals surface area (Å²) in [6.07, 6.45) is -3.72. The molecule has 0 amide bonds. The number of aliphatic hydroxyl groups is 2. The number of phenols is 1. The van der Waals surface area contributed by atoms with Crippen molar-refractivity contribution in [3.63, 3.8) is 0 Å². The highest BCUT2D eigenvalue weighted by Gasteiger charge is 2.24. The molecule has 0 saturated carbocycles. The van der Waals surface area contributed by atoms with E-state index in [0.717, 1.165) is 13.2 Å². The summed E-state index contributed by atoms with van der Waals surface area (Å²) in [7, 11) is 1.10. The summed E-state index contributed by atoms with van der Waals surface area (Å²) in [5, 5.41) is 28.1. The van der Waals surface area contributed by atoms with E-state index in [9.17, 15) is 23.8 Å². The zero-order chi connectivity index (χ0) is 13.9. The molecule has 0 aliphatic rings. The van der Waals surface area contributed by atoms with E-state index in [2.05, 4.69) is 4.74 Å². The van der Waals surface area contributed by atoms with Crippen molar-refractivity contribution in [3.8, 4) is 5.75 Å². The molecule has 0 aliphatic carbocycles. The molecule has 0 spiro atoms. The third-order valence-corrected chi connectivity index (χ3v) is 2.34. The van der Waals surface area contributed by atoms with Gasteiger partial charge in [0.15, 0.2) is 17.4 Å². The molecular formula is C11H12F2O5. The van der Waals surface area contributed by atoms with Crippen LogP contribution in [0.2, 0.25) is 0 Å². The van der Waals surface area contributed by atoms with Gasteiger partial charge in [-0.15, -0.1) is 0 Å². The number of ether oxygens (including phenoxy) is 1. The number of carbonyl (C=O) groups is 1. The largest absolute Gasteiger partial charge is 0.505 e. The quantitative estimate of drug-likeness (QED) is 0.693. The van der Waals surface area contributed by atoms with Gasteiger partial charge in [-0.05, 0) is 17.7 Å². The fraction of sp³-hybridized carbons (Fsp3) is 0.364. The van der Waals surface area contributed by atoms with Gasteiger partial charge in [0.05, 0.1) is 19.6 Å². The normalized spacial score (nSPS) is 14.1. The van der Waals surface area contributed by atoms with E-state index >= 15 is 0 Å². The van der Waals surface area contributed by atoms with Crippen LogP contribution in [-0.4, -0.2) is 34.5 Å². The van der Waals surface area contributed by atoms with Crippen LogP contribution in [0.15, 0.2) is 12.1 Å². The van der Waals surface area contributed by atoms with E-state index in [1.807, 2.05) is 0 Å². The number of rotatable bonds is 4. The zero-order valence-electron chi connectivity index (χ0n) is 9.43. The van der Waals surface area contributed by atoms with Crippen molar-refractivity contribution in [1.82, 2.24) is 0 Å². The highest BCUT2D eigenvalue weighted by molar-refractivity contribution is 5.69. The Bertz CT molecular complexity index is 426. The minimum atomic E-state index is -1.65. The van der Waals surface area contributed by atoms with Crippen molar-refractivity contribution in [1.29, 1.82) is 0 Å². The topological polar surface area (TPSA) is 87.0 Å². The lowest BCUT2D eigenvalue weighted by Crippen LogP contribution is -2.22. The first-order chi connectivity index (χ1) is 8.36. The lowest BCUT2D eigenvalue weighted by Gasteiger charge is -2.17. The predicted molar refractivity (Wildman–Crippen MR) is 55.6 cm³/mol. The van der Waals surface area contributed by atoms with Crippen LogP contribution in [0, 0.1) is 11.6 Å². The van der Waals surface area contributed by atoms with Crippen molar-refractivity contribution in [2.75, 3.05) is 7.11 Å². The molecule has 0 radical (unpaired) electrons. The molecule has 3 N–H and O–H groups in total. The standard InChI is InChI=1S/C11H12F2O5/c1-18-9(16)4-8(15)11(17)5-2-6(12)10(13)7(14)3-5/h2-3,8,11,14-15,17H,4H2,1H3. The second kappa shape index (κ2) is 5.74. The molecule has 5 nitrogen and oxygen atoms in total. The minimum Gasteiger partial charge on any atom is -0.505 e. The second-order valence-electron chi connectivity index (χ2n) is 3.63. The van der Waals surface area contributed by atoms with Gasteiger partial charge in [-0.2, -0.15) is 4.39 Å². The number of carbonyl (C=O) groups excluding carboxylic acids is 1. The molecule has 0 aromatic heterocycles. The number of methoxy groups -OCH3 is 1. The van der Waals surface area contributed by atoms with Crippen molar-refractivity contribution < 1.29 is 33.6 Å². The third kappa shape index (κ3) is 3.14. The smallest absolute Gasteiger partial charge is 0.308 e. The van der Waals surface area contributed by atoms with Crippen molar-refractivity contribution in [2.24, 2.45) is 0 Å². The van der Waals surface area contributed by atoms with Gasteiger partial charge in [-0.3, -0.25) is 4.79 Å². The van der Waals surface area contributed by atoms with E-state index < -0.39 is 42.0 Å². The first-order valence-corrected chi connectivity index (χ1v) is 4.97. The van der Waals surface area contributed by atoms with Crippen LogP contribution in [-0.2, 0) is 9.53 Å². The third-order valence-electron chi connectivity index (χ3n) is 2.34. The molecule has 1 aromatic rings. The molecule has 18 heavy (non-hydrogen) atoms. The van der Waals surface area contributed by atoms with Gasteiger partial charge in [0, 0.05) is 0 Å². The molecule has 2 unspecified atom stereocenters. The zero-order valence-corrected chi connectivity index (χ0v) is 9.43. The SMILES string of the molecule is COC(=O)CC(O)C(O)c1cc(O)c(F)c(F)c1. The van der Waals surface area contributed by atoms with Crippen LogP contribution in [0.25, 0.3) is 0 Å². The molecule has 0 heterocycles. The lowest BCUT2D eigenvalue weighted by molar-refractivity contribution is -0.144. The van der Waals surface area contributed by atoms with Gasteiger partial charge in [-0.1, -0.05) is 0 Å². The maximum Gasteiger partial charge on any atom is 0.308 e. The first kappa shape index (κ1) is 14.3. The van der Waals surface area contributed by atoms with E-state index in [1.54, 1.807) is 0 Å². The van der Waals surface area contributed by atoms with Crippen LogP contribution >= 0.6 is 0 Å². The number of benzene rings is 1. The summed E-state index contributed by atoms with van der Waals surface area (Å²) < 4.78 is 30.0. The number of aromatic hydroxyl groups is 1. The molecule has 0 fully saturated rings. The molecular weight excluding hydrogens is 250 g/mol. The fourth-order valence-electron chi connectivity index (χ4n) is 1.35. The molecule has 0 bridgehead atoms. The summed E-state index contributed by atoms with van der Waals surface area (Å²) in [6, 6.07) is 1.39. The molecule has 1 rings (SSSR count). The van der Waals surface area contributed by atoms with Gasteiger partial charge < -0.3 is 20.1 Å². The molecule has 100 valence electrons. The Morgan fingerprint density at radius 1 is 1.39 bits per heavy atom. The van der Waals surface area contributed by atoms with Crippen LogP contribution in [0.1, 0.15) is 18.1 Å². The Hall–Kier alpha value is -1.73. The van der Waals surface area contributed by atoms with Gasteiger partial charge in [0.25, 0.3) is 0 Å². The summed E-state index contributed by atoms with van der Waals surface area (Å²) in [5.41, 5.74) is -0.247. The van der Waals surface area contributed by atoms with Gasteiger partial charge in [-0.25, -0.2) is 4.39 Å². The Morgan fingerprint density at radius 3 is 2.50 bits per heavy atom. The number of halogens is 2. The number of phenolic OH excluding ortho intramolecular Hbond substituents is 1. The van der Waals surface area contributed by atoms with Gasteiger partial charge in [0.2, 0.25) is 0 Å². The second-order valence-corrected chi connectivity index (χ2v) is 3.63. The Labute approximate surface area is 101 Å². The average Bonchev–Trinajstić information content (AvgIpc) is 2.33. The minimum absolute atomic E-state index is 0.247. The van der Waals surface area contributed by atoms with Gasteiger partial charge in [0.1, 0.15) is 6.10 Å². The van der Waals surface area contributed by atoms with E-state index in [0.29, 0.717) is 6.07 Å². The van der Waals surface area contributed by atoms with Crippen molar-refractivity contribution in [3.05, 3.63) is 29.3 Å². The Morgan fingerprint density at radius 2 is 2.00 bits per heavy atom. The molecule has 7 heteroatoms. The highest BCUT2D eigenvalue weighted by Crippen LogP contribution is 2.27. The summed E-state index contributed by atoms with van der Waals surface area (Å²) >= 11 is 0. The maximum atomic E-state index is 13.0. The highest BCUT2D eigenvalue weighted by atomic mass is 19.2. The molecule has 0 saturated heterocycles. The van der Waals surface area contributed by atoms with Crippen molar-refractivity contribution in [2.45, 2.75) is 18.6 Å². The van der Waals surface area contributed by atoms with Crippen LogP contribution < -0.4 is 0 Å². The Balaban J connectivity index is 2.90. The number of hydrogen-bond donors (Lipinski definition) is 3. The average molecular weight is 262 g/mol. The monoisotopic (exact) mass is 262 g/mol. The van der Waals surface area contributed by atoms with Gasteiger partial charge >= 0.3 is 5.97 Å². The summed E-state index contributed by atoms with van der Waals surface area (Å²) in [6.45, 7) is 0. The molecule has 2 atom stereocenters. The van der Waals surface area contributed by atoms with E-state index in [4.69, 9.17) is 5.11 Å². The fourth-order valence-corrected chi connectivity index (χ4v) is 1.35. The summed E-state index contributed by atoms with van der Waals surface area (Å²) in [5.74, 6) is -4.58. The first-order valence-electron chi connectivity index (χ1n) is 4.97. The maximum absolute atomic E-state index is 13.0. The summed E-state index contributed by atoms with van der Waals surface area (Å²) in [4.78, 5) is 10.9.